The van der Waals surface area contributed by atoms with Crippen LogP contribution in [0.4, 0.5) is 0 Å². The quantitative estimate of drug-likeness (QED) is 0.599. The number of aromatic nitrogens is 1. The van der Waals surface area contributed by atoms with Crippen molar-refractivity contribution in [1.29, 1.82) is 0 Å². The van der Waals surface area contributed by atoms with Crippen LogP contribution in [0.5, 0.6) is 0 Å². The van der Waals surface area contributed by atoms with E-state index in [0.717, 1.165) is 17.9 Å². The SMILES string of the molecule is O=C(NCCSCCCO)c1cc(Cl)ncc1Cl. The highest BCUT2D eigenvalue weighted by atomic mass is 35.5. The number of carbonyl (C=O) groups is 1. The van der Waals surface area contributed by atoms with E-state index in [1.165, 1.54) is 12.3 Å². The van der Waals surface area contributed by atoms with Crippen LogP contribution in [0.1, 0.15) is 16.8 Å². The number of nitrogens with zero attached hydrogens (tertiary/aromatic N) is 1. The Bertz CT molecular complexity index is 405. The van der Waals surface area contributed by atoms with Gasteiger partial charge in [0.15, 0.2) is 0 Å². The predicted octanol–water partition coefficient (Wildman–Crippen LogP) is 2.23. The Balaban J connectivity index is 2.34. The summed E-state index contributed by atoms with van der Waals surface area (Å²) in [5, 5.41) is 11.9. The molecular formula is C11H14Cl2N2O2S. The highest BCUT2D eigenvalue weighted by molar-refractivity contribution is 7.99. The number of aliphatic hydroxyl groups excluding tert-OH is 1. The van der Waals surface area contributed by atoms with Crippen LogP contribution in [0, 0.1) is 0 Å². The first-order valence-electron chi connectivity index (χ1n) is 5.43. The largest absolute Gasteiger partial charge is 0.396 e. The molecule has 1 aromatic heterocycles. The average molecular weight is 309 g/mol. The molecule has 7 heteroatoms. The zero-order valence-corrected chi connectivity index (χ0v) is 12.0. The Hall–Kier alpha value is -0.490. The Morgan fingerprint density at radius 3 is 2.94 bits per heavy atom. The second-order valence-electron chi connectivity index (χ2n) is 3.43. The summed E-state index contributed by atoms with van der Waals surface area (Å²) in [5.74, 6) is 1.42. The van der Waals surface area contributed by atoms with E-state index in [-0.39, 0.29) is 22.7 Å². The fourth-order valence-corrected chi connectivity index (χ4v) is 2.32. The van der Waals surface area contributed by atoms with Crippen LogP contribution in [0.25, 0.3) is 0 Å². The van der Waals surface area contributed by atoms with E-state index in [9.17, 15) is 4.79 Å². The summed E-state index contributed by atoms with van der Waals surface area (Å²) in [6.45, 7) is 0.746. The van der Waals surface area contributed by atoms with Gasteiger partial charge in [-0.05, 0) is 18.2 Å². The van der Waals surface area contributed by atoms with Crippen molar-refractivity contribution in [2.45, 2.75) is 6.42 Å². The zero-order chi connectivity index (χ0) is 13.4. The van der Waals surface area contributed by atoms with Gasteiger partial charge in [-0.2, -0.15) is 11.8 Å². The molecule has 100 valence electrons. The lowest BCUT2D eigenvalue weighted by molar-refractivity contribution is 0.0956. The smallest absolute Gasteiger partial charge is 0.252 e. The number of amides is 1. The third-order valence-corrected chi connectivity index (χ3v) is 3.62. The predicted molar refractivity (Wildman–Crippen MR) is 75.6 cm³/mol. The lowest BCUT2D eigenvalue weighted by Crippen LogP contribution is -2.26. The molecule has 4 nitrogen and oxygen atoms in total. The number of carbonyl (C=O) groups excluding carboxylic acids is 1. The summed E-state index contributed by atoms with van der Waals surface area (Å²) in [6, 6.07) is 1.44. The van der Waals surface area contributed by atoms with Crippen LogP contribution in [0.15, 0.2) is 12.3 Å². The topological polar surface area (TPSA) is 62.2 Å². The third-order valence-electron chi connectivity index (χ3n) is 2.05. The molecule has 0 spiro atoms. The minimum absolute atomic E-state index is 0.199. The van der Waals surface area contributed by atoms with Crippen LogP contribution < -0.4 is 5.32 Å². The van der Waals surface area contributed by atoms with E-state index in [0.29, 0.717) is 12.1 Å². The Morgan fingerprint density at radius 1 is 1.44 bits per heavy atom. The maximum atomic E-state index is 11.8. The average Bonchev–Trinajstić information content (AvgIpc) is 2.36. The maximum Gasteiger partial charge on any atom is 0.252 e. The summed E-state index contributed by atoms with van der Waals surface area (Å²) in [4.78, 5) is 15.6. The summed E-state index contributed by atoms with van der Waals surface area (Å²) in [5.41, 5.74) is 0.331. The number of halogens is 2. The van der Waals surface area contributed by atoms with E-state index in [1.807, 2.05) is 0 Å². The normalized spacial score (nSPS) is 10.4. The van der Waals surface area contributed by atoms with E-state index >= 15 is 0 Å². The molecule has 0 aliphatic heterocycles. The Kier molecular flexibility index (Phi) is 7.42. The molecule has 0 atom stereocenters. The van der Waals surface area contributed by atoms with Gasteiger partial charge >= 0.3 is 0 Å². The minimum atomic E-state index is -0.257. The number of rotatable bonds is 7. The molecule has 1 amide bonds. The van der Waals surface area contributed by atoms with Gasteiger partial charge in [0.2, 0.25) is 0 Å². The van der Waals surface area contributed by atoms with Gasteiger partial charge in [0.1, 0.15) is 5.15 Å². The molecular weight excluding hydrogens is 295 g/mol. The zero-order valence-electron chi connectivity index (χ0n) is 9.66. The lowest BCUT2D eigenvalue weighted by Gasteiger charge is -2.06. The second kappa shape index (κ2) is 8.58. The molecule has 1 heterocycles. The summed E-state index contributed by atoms with van der Waals surface area (Å²) >= 11 is 13.2. The van der Waals surface area contributed by atoms with E-state index in [2.05, 4.69) is 10.3 Å². The van der Waals surface area contributed by atoms with Crippen molar-refractivity contribution in [3.05, 3.63) is 28.0 Å². The van der Waals surface area contributed by atoms with Crippen molar-refractivity contribution >= 4 is 40.9 Å². The van der Waals surface area contributed by atoms with Crippen molar-refractivity contribution in [2.24, 2.45) is 0 Å². The first-order chi connectivity index (χ1) is 8.65. The van der Waals surface area contributed by atoms with E-state index < -0.39 is 0 Å². The number of hydrogen-bond acceptors (Lipinski definition) is 4. The molecule has 2 N–H and O–H groups in total. The van der Waals surface area contributed by atoms with Crippen molar-refractivity contribution in [2.75, 3.05) is 24.7 Å². The molecule has 0 unspecified atom stereocenters. The molecule has 0 saturated carbocycles. The monoisotopic (exact) mass is 308 g/mol. The van der Waals surface area contributed by atoms with Crippen molar-refractivity contribution < 1.29 is 9.90 Å². The maximum absolute atomic E-state index is 11.8. The van der Waals surface area contributed by atoms with Crippen LogP contribution >= 0.6 is 35.0 Å². The number of thioether (sulfide) groups is 1. The third kappa shape index (κ3) is 5.44. The van der Waals surface area contributed by atoms with Crippen LogP contribution in [-0.2, 0) is 0 Å². The fourth-order valence-electron chi connectivity index (χ4n) is 1.19. The highest BCUT2D eigenvalue weighted by Gasteiger charge is 2.10. The molecule has 0 aliphatic carbocycles. The standard InChI is InChI=1S/C11H14Cl2N2O2S/c12-9-7-15-10(13)6-8(9)11(17)14-2-5-18-4-1-3-16/h6-7,16H,1-5H2,(H,14,17). The molecule has 1 rings (SSSR count). The van der Waals surface area contributed by atoms with Crippen LogP contribution in [0.3, 0.4) is 0 Å². The molecule has 0 bridgehead atoms. The van der Waals surface area contributed by atoms with Gasteiger partial charge in [0.05, 0.1) is 10.6 Å². The van der Waals surface area contributed by atoms with E-state index in [1.54, 1.807) is 11.8 Å². The van der Waals surface area contributed by atoms with Crippen molar-refractivity contribution in [1.82, 2.24) is 10.3 Å². The Morgan fingerprint density at radius 2 is 2.22 bits per heavy atom. The van der Waals surface area contributed by atoms with Gasteiger partial charge in [-0.15, -0.1) is 0 Å². The summed E-state index contributed by atoms with van der Waals surface area (Å²) in [7, 11) is 0. The summed E-state index contributed by atoms with van der Waals surface area (Å²) < 4.78 is 0. The molecule has 0 aliphatic rings. The molecule has 1 aromatic rings. The molecule has 18 heavy (non-hydrogen) atoms. The lowest BCUT2D eigenvalue weighted by atomic mass is 10.2. The Labute approximate surface area is 120 Å². The van der Waals surface area contributed by atoms with Gasteiger partial charge in [0.25, 0.3) is 5.91 Å². The van der Waals surface area contributed by atoms with E-state index in [4.69, 9.17) is 28.3 Å². The van der Waals surface area contributed by atoms with Crippen LogP contribution in [-0.4, -0.2) is 40.7 Å². The first-order valence-corrected chi connectivity index (χ1v) is 7.34. The molecule has 0 aromatic carbocycles. The van der Waals surface area contributed by atoms with Gasteiger partial charge in [0, 0.05) is 25.1 Å². The number of aliphatic hydroxyl groups is 1. The second-order valence-corrected chi connectivity index (χ2v) is 5.45. The van der Waals surface area contributed by atoms with Gasteiger partial charge in [-0.1, -0.05) is 23.2 Å². The molecule has 0 saturated heterocycles. The summed E-state index contributed by atoms with van der Waals surface area (Å²) in [6.07, 6.45) is 2.12. The number of nitrogens with one attached hydrogen (secondary N) is 1. The van der Waals surface area contributed by atoms with Crippen molar-refractivity contribution in [3.63, 3.8) is 0 Å². The van der Waals surface area contributed by atoms with Gasteiger partial charge in [-0.25, -0.2) is 4.98 Å². The van der Waals surface area contributed by atoms with Gasteiger partial charge < -0.3 is 10.4 Å². The highest BCUT2D eigenvalue weighted by Crippen LogP contribution is 2.17. The van der Waals surface area contributed by atoms with Crippen molar-refractivity contribution in [3.8, 4) is 0 Å². The number of pyridine rings is 1. The minimum Gasteiger partial charge on any atom is -0.396 e. The van der Waals surface area contributed by atoms with Crippen LogP contribution in [0.2, 0.25) is 10.2 Å². The number of hydrogen-bond donors (Lipinski definition) is 2. The molecule has 0 radical (unpaired) electrons. The fraction of sp³-hybridized carbons (Fsp3) is 0.455. The first kappa shape index (κ1) is 15.6. The molecule has 0 fully saturated rings. The van der Waals surface area contributed by atoms with Gasteiger partial charge in [-0.3, -0.25) is 4.79 Å².